The Hall–Kier alpha value is -2.15. The Morgan fingerprint density at radius 2 is 2.11 bits per heavy atom. The second-order valence-electron chi connectivity index (χ2n) is 7.34. The SMILES string of the molecule is COc1ccc(CN2CCNC(=O)C2CC(=O)NC2CCCCC2)c(F)c1. The summed E-state index contributed by atoms with van der Waals surface area (Å²) in [5, 5.41) is 5.88. The molecule has 1 heterocycles. The Morgan fingerprint density at radius 1 is 1.33 bits per heavy atom. The molecule has 3 rings (SSSR count). The zero-order valence-electron chi connectivity index (χ0n) is 15.8. The van der Waals surface area contributed by atoms with Crippen molar-refractivity contribution in [1.82, 2.24) is 15.5 Å². The van der Waals surface area contributed by atoms with E-state index >= 15 is 0 Å². The molecule has 1 atom stereocenters. The Balaban J connectivity index is 1.64. The maximum Gasteiger partial charge on any atom is 0.237 e. The molecule has 2 aliphatic rings. The van der Waals surface area contributed by atoms with Gasteiger partial charge in [0.15, 0.2) is 0 Å². The minimum Gasteiger partial charge on any atom is -0.497 e. The van der Waals surface area contributed by atoms with Crippen molar-refractivity contribution in [2.45, 2.75) is 57.2 Å². The van der Waals surface area contributed by atoms with Crippen molar-refractivity contribution in [2.24, 2.45) is 0 Å². The second kappa shape index (κ2) is 9.17. The van der Waals surface area contributed by atoms with Gasteiger partial charge in [-0.1, -0.05) is 25.3 Å². The number of carbonyl (C=O) groups is 2. The lowest BCUT2D eigenvalue weighted by Gasteiger charge is -2.35. The number of amides is 2. The molecule has 1 aliphatic carbocycles. The van der Waals surface area contributed by atoms with E-state index in [1.54, 1.807) is 12.1 Å². The molecule has 0 radical (unpaired) electrons. The molecule has 7 heteroatoms. The lowest BCUT2D eigenvalue weighted by molar-refractivity contribution is -0.134. The normalized spacial score (nSPS) is 21.6. The van der Waals surface area contributed by atoms with E-state index < -0.39 is 6.04 Å². The Labute approximate surface area is 159 Å². The van der Waals surface area contributed by atoms with Crippen LogP contribution in [0.1, 0.15) is 44.1 Å². The summed E-state index contributed by atoms with van der Waals surface area (Å²) in [6.07, 6.45) is 5.60. The molecule has 0 spiro atoms. The molecule has 0 aromatic heterocycles. The van der Waals surface area contributed by atoms with Gasteiger partial charge in [0.05, 0.1) is 19.6 Å². The van der Waals surface area contributed by atoms with E-state index in [9.17, 15) is 14.0 Å². The van der Waals surface area contributed by atoms with Crippen LogP contribution >= 0.6 is 0 Å². The number of rotatable bonds is 6. The lowest BCUT2D eigenvalue weighted by Crippen LogP contribution is -2.56. The molecule has 0 bridgehead atoms. The number of halogens is 1. The van der Waals surface area contributed by atoms with Gasteiger partial charge >= 0.3 is 0 Å². The molecule has 1 saturated carbocycles. The van der Waals surface area contributed by atoms with Crippen molar-refractivity contribution < 1.29 is 18.7 Å². The van der Waals surface area contributed by atoms with Gasteiger partial charge in [0.25, 0.3) is 0 Å². The number of ether oxygens (including phenoxy) is 1. The number of nitrogens with one attached hydrogen (secondary N) is 2. The fourth-order valence-electron chi connectivity index (χ4n) is 3.88. The summed E-state index contributed by atoms with van der Waals surface area (Å²) >= 11 is 0. The monoisotopic (exact) mass is 377 g/mol. The van der Waals surface area contributed by atoms with Crippen LogP contribution in [-0.4, -0.2) is 49.0 Å². The van der Waals surface area contributed by atoms with Crippen molar-refractivity contribution in [2.75, 3.05) is 20.2 Å². The summed E-state index contributed by atoms with van der Waals surface area (Å²) in [7, 11) is 1.49. The van der Waals surface area contributed by atoms with Crippen LogP contribution in [0.5, 0.6) is 5.75 Å². The van der Waals surface area contributed by atoms with E-state index in [1.165, 1.54) is 19.6 Å². The van der Waals surface area contributed by atoms with Crippen molar-refractivity contribution >= 4 is 11.8 Å². The van der Waals surface area contributed by atoms with E-state index in [0.29, 0.717) is 24.4 Å². The second-order valence-corrected chi connectivity index (χ2v) is 7.34. The van der Waals surface area contributed by atoms with E-state index in [4.69, 9.17) is 4.74 Å². The molecule has 1 aliphatic heterocycles. The molecule has 2 amide bonds. The van der Waals surface area contributed by atoms with E-state index in [1.807, 2.05) is 4.90 Å². The van der Waals surface area contributed by atoms with E-state index in [2.05, 4.69) is 10.6 Å². The molecular weight excluding hydrogens is 349 g/mol. The Bertz CT molecular complexity index is 676. The van der Waals surface area contributed by atoms with Gasteiger partial charge in [-0.05, 0) is 18.9 Å². The van der Waals surface area contributed by atoms with E-state index in [-0.39, 0.29) is 36.6 Å². The zero-order valence-corrected chi connectivity index (χ0v) is 15.8. The minimum absolute atomic E-state index is 0.0973. The van der Waals surface area contributed by atoms with Gasteiger partial charge in [0.1, 0.15) is 11.6 Å². The standard InChI is InChI=1S/C20H28FN3O3/c1-27-16-8-7-14(17(21)11-16)13-24-10-9-22-20(26)18(24)12-19(25)23-15-5-3-2-4-6-15/h7-8,11,15,18H,2-6,9-10,12-13H2,1H3,(H,22,26)(H,23,25). The highest BCUT2D eigenvalue weighted by Crippen LogP contribution is 2.21. The number of hydrogen-bond acceptors (Lipinski definition) is 4. The predicted octanol–water partition coefficient (Wildman–Crippen LogP) is 1.97. The number of nitrogens with zero attached hydrogens (tertiary/aromatic N) is 1. The van der Waals surface area contributed by atoms with E-state index in [0.717, 1.165) is 25.7 Å². The summed E-state index contributed by atoms with van der Waals surface area (Å²) in [5.41, 5.74) is 0.489. The highest BCUT2D eigenvalue weighted by molar-refractivity contribution is 5.88. The number of benzene rings is 1. The van der Waals surface area contributed by atoms with Crippen LogP contribution in [-0.2, 0) is 16.1 Å². The average Bonchev–Trinajstić information content (AvgIpc) is 2.66. The summed E-state index contributed by atoms with van der Waals surface area (Å²) in [6.45, 7) is 1.36. The summed E-state index contributed by atoms with van der Waals surface area (Å²) in [5.74, 6) is -0.195. The first-order valence-electron chi connectivity index (χ1n) is 9.70. The van der Waals surface area contributed by atoms with Gasteiger partial charge < -0.3 is 15.4 Å². The number of carbonyl (C=O) groups excluding carboxylic acids is 2. The predicted molar refractivity (Wildman–Crippen MR) is 99.8 cm³/mol. The zero-order chi connectivity index (χ0) is 19.2. The molecule has 6 nitrogen and oxygen atoms in total. The third-order valence-electron chi connectivity index (χ3n) is 5.42. The molecule has 1 aromatic rings. The summed E-state index contributed by atoms with van der Waals surface area (Å²) < 4.78 is 19.3. The highest BCUT2D eigenvalue weighted by atomic mass is 19.1. The first-order chi connectivity index (χ1) is 13.1. The molecule has 2 fully saturated rings. The lowest BCUT2D eigenvalue weighted by atomic mass is 9.95. The summed E-state index contributed by atoms with van der Waals surface area (Å²) in [6, 6.07) is 4.34. The number of piperazine rings is 1. The smallest absolute Gasteiger partial charge is 0.237 e. The van der Waals surface area contributed by atoms with Crippen molar-refractivity contribution in [1.29, 1.82) is 0 Å². The molecule has 27 heavy (non-hydrogen) atoms. The fraction of sp³-hybridized carbons (Fsp3) is 0.600. The molecule has 1 saturated heterocycles. The number of methoxy groups -OCH3 is 1. The molecule has 148 valence electrons. The number of hydrogen-bond donors (Lipinski definition) is 2. The fourth-order valence-corrected chi connectivity index (χ4v) is 3.88. The first-order valence-corrected chi connectivity index (χ1v) is 9.70. The quantitative estimate of drug-likeness (QED) is 0.795. The van der Waals surface area contributed by atoms with Gasteiger partial charge in [0.2, 0.25) is 11.8 Å². The van der Waals surface area contributed by atoms with Gasteiger partial charge in [-0.3, -0.25) is 14.5 Å². The molecule has 1 aromatic carbocycles. The van der Waals surface area contributed by atoms with Gasteiger partial charge in [-0.25, -0.2) is 4.39 Å². The van der Waals surface area contributed by atoms with Crippen molar-refractivity contribution in [3.05, 3.63) is 29.6 Å². The van der Waals surface area contributed by atoms with Crippen molar-refractivity contribution in [3.8, 4) is 5.75 Å². The van der Waals surface area contributed by atoms with Gasteiger partial charge in [0, 0.05) is 37.3 Å². The molecular formula is C20H28FN3O3. The Kier molecular flexibility index (Phi) is 6.66. The maximum atomic E-state index is 14.3. The average molecular weight is 377 g/mol. The minimum atomic E-state index is -0.580. The van der Waals surface area contributed by atoms with Crippen LogP contribution in [0, 0.1) is 5.82 Å². The van der Waals surface area contributed by atoms with Crippen molar-refractivity contribution in [3.63, 3.8) is 0 Å². The third kappa shape index (κ3) is 5.19. The van der Waals surface area contributed by atoms with Crippen LogP contribution < -0.4 is 15.4 Å². The van der Waals surface area contributed by atoms with Crippen LogP contribution in [0.2, 0.25) is 0 Å². The van der Waals surface area contributed by atoms with Gasteiger partial charge in [-0.15, -0.1) is 0 Å². The van der Waals surface area contributed by atoms with Crippen LogP contribution in [0.4, 0.5) is 4.39 Å². The van der Waals surface area contributed by atoms with Gasteiger partial charge in [-0.2, -0.15) is 0 Å². The van der Waals surface area contributed by atoms with Crippen LogP contribution in [0.15, 0.2) is 18.2 Å². The maximum absolute atomic E-state index is 14.3. The Morgan fingerprint density at radius 3 is 2.81 bits per heavy atom. The van der Waals surface area contributed by atoms with Crippen LogP contribution in [0.3, 0.4) is 0 Å². The van der Waals surface area contributed by atoms with Crippen LogP contribution in [0.25, 0.3) is 0 Å². The summed E-state index contributed by atoms with van der Waals surface area (Å²) in [4.78, 5) is 26.7. The largest absolute Gasteiger partial charge is 0.497 e. The molecule has 1 unspecified atom stereocenters. The third-order valence-corrected chi connectivity index (χ3v) is 5.42. The topological polar surface area (TPSA) is 70.7 Å². The first kappa shape index (κ1) is 19.6. The highest BCUT2D eigenvalue weighted by Gasteiger charge is 2.32. The molecule has 2 N–H and O–H groups in total.